The molecule has 2 aromatic carbocycles. The van der Waals surface area contributed by atoms with Crippen molar-refractivity contribution in [2.45, 2.75) is 20.4 Å². The van der Waals surface area contributed by atoms with Crippen LogP contribution >= 0.6 is 23.2 Å². The predicted molar refractivity (Wildman–Crippen MR) is 102 cm³/mol. The number of esters is 1. The minimum atomic E-state index is -0.789. The van der Waals surface area contributed by atoms with Crippen molar-refractivity contribution in [3.63, 3.8) is 0 Å². The smallest absolute Gasteiger partial charge is 0.395 e. The van der Waals surface area contributed by atoms with Crippen LogP contribution in [0.25, 0.3) is 0 Å². The van der Waals surface area contributed by atoms with Crippen LogP contribution in [0.1, 0.15) is 18.1 Å². The van der Waals surface area contributed by atoms with Crippen molar-refractivity contribution in [2.24, 2.45) is 10.9 Å². The SMILES string of the molecule is CCOC(=O)C(=NCc1cc(Oc2ccc(Cl)cc2C)c(O)cc1Cl)ON. The van der Waals surface area contributed by atoms with Gasteiger partial charge in [-0.1, -0.05) is 23.2 Å². The monoisotopic (exact) mass is 412 g/mol. The molecule has 2 rings (SSSR count). The molecule has 0 unspecified atom stereocenters. The van der Waals surface area contributed by atoms with Crippen LogP contribution in [-0.2, 0) is 20.9 Å². The molecule has 0 aliphatic rings. The van der Waals surface area contributed by atoms with Crippen LogP contribution in [0.3, 0.4) is 0 Å². The largest absolute Gasteiger partial charge is 0.504 e. The van der Waals surface area contributed by atoms with Crippen LogP contribution in [0.2, 0.25) is 10.0 Å². The normalized spacial score (nSPS) is 11.2. The van der Waals surface area contributed by atoms with Gasteiger partial charge in [0, 0.05) is 16.1 Å². The van der Waals surface area contributed by atoms with Gasteiger partial charge in [0.1, 0.15) is 5.75 Å². The van der Waals surface area contributed by atoms with Gasteiger partial charge < -0.3 is 19.4 Å². The van der Waals surface area contributed by atoms with Crippen molar-refractivity contribution in [3.8, 4) is 17.2 Å². The molecular formula is C18H18Cl2N2O5. The maximum absolute atomic E-state index is 11.6. The number of aliphatic imine (C=N–C) groups is 1. The average molecular weight is 413 g/mol. The van der Waals surface area contributed by atoms with Crippen molar-refractivity contribution in [1.82, 2.24) is 0 Å². The van der Waals surface area contributed by atoms with Gasteiger partial charge in [0.05, 0.1) is 13.2 Å². The number of carbonyl (C=O) groups is 1. The van der Waals surface area contributed by atoms with Gasteiger partial charge in [0.2, 0.25) is 0 Å². The third-order valence-electron chi connectivity index (χ3n) is 3.44. The van der Waals surface area contributed by atoms with E-state index in [0.29, 0.717) is 16.3 Å². The Morgan fingerprint density at radius 1 is 1.22 bits per heavy atom. The molecule has 0 aliphatic carbocycles. The first-order valence-electron chi connectivity index (χ1n) is 7.89. The predicted octanol–water partition coefficient (Wildman–Crippen LogP) is 4.15. The number of aryl methyl sites for hydroxylation is 1. The highest BCUT2D eigenvalue weighted by atomic mass is 35.5. The van der Waals surface area contributed by atoms with Gasteiger partial charge in [-0.15, -0.1) is 0 Å². The first-order chi connectivity index (χ1) is 12.8. The molecule has 0 amide bonds. The molecule has 0 radical (unpaired) electrons. The molecule has 0 saturated heterocycles. The minimum absolute atomic E-state index is 0.0412. The number of nitrogens with zero attached hydrogens (tertiary/aromatic N) is 1. The number of hydrogen-bond acceptors (Lipinski definition) is 7. The third kappa shape index (κ3) is 5.50. The van der Waals surface area contributed by atoms with Crippen LogP contribution in [-0.4, -0.2) is 23.6 Å². The number of phenolic OH excluding ortho intramolecular Hbond substituents is 1. The quantitative estimate of drug-likeness (QED) is 0.330. The molecule has 0 bridgehead atoms. The molecule has 9 heteroatoms. The Bertz CT molecular complexity index is 871. The van der Waals surface area contributed by atoms with Crippen molar-refractivity contribution in [1.29, 1.82) is 0 Å². The van der Waals surface area contributed by atoms with Crippen LogP contribution in [0.5, 0.6) is 17.2 Å². The van der Waals surface area contributed by atoms with Gasteiger partial charge in [-0.2, -0.15) is 5.90 Å². The molecule has 0 atom stereocenters. The van der Waals surface area contributed by atoms with E-state index >= 15 is 0 Å². The molecule has 0 spiro atoms. The standard InChI is InChI=1S/C18H18Cl2N2O5/c1-3-25-18(24)17(27-21)22-9-11-7-16(14(23)8-13(11)20)26-15-5-4-12(19)6-10(15)2/h4-8,23H,3,9,21H2,1-2H3. The zero-order chi connectivity index (χ0) is 20.0. The summed E-state index contributed by atoms with van der Waals surface area (Å²) in [4.78, 5) is 20.0. The maximum Gasteiger partial charge on any atom is 0.395 e. The fraction of sp³-hybridized carbons (Fsp3) is 0.222. The van der Waals surface area contributed by atoms with Crippen molar-refractivity contribution in [3.05, 3.63) is 51.5 Å². The van der Waals surface area contributed by atoms with E-state index in [1.54, 1.807) is 25.1 Å². The van der Waals surface area contributed by atoms with Gasteiger partial charge in [0.25, 0.3) is 0 Å². The summed E-state index contributed by atoms with van der Waals surface area (Å²) in [5.41, 5.74) is 1.27. The summed E-state index contributed by atoms with van der Waals surface area (Å²) in [7, 11) is 0. The van der Waals surface area contributed by atoms with E-state index in [4.69, 9.17) is 38.6 Å². The molecule has 3 N–H and O–H groups in total. The summed E-state index contributed by atoms with van der Waals surface area (Å²) < 4.78 is 10.5. The number of rotatable bonds is 5. The fourth-order valence-corrected chi connectivity index (χ4v) is 2.58. The van der Waals surface area contributed by atoms with E-state index in [0.717, 1.165) is 5.56 Å². The second-order valence-corrected chi connectivity index (χ2v) is 6.23. The van der Waals surface area contributed by atoms with E-state index in [9.17, 15) is 9.90 Å². The molecule has 0 saturated carbocycles. The van der Waals surface area contributed by atoms with Gasteiger partial charge in [0.15, 0.2) is 11.5 Å². The average Bonchev–Trinajstić information content (AvgIpc) is 2.61. The van der Waals surface area contributed by atoms with Gasteiger partial charge >= 0.3 is 11.9 Å². The maximum atomic E-state index is 11.6. The molecule has 0 fully saturated rings. The topological polar surface area (TPSA) is 103 Å². The molecule has 0 aromatic heterocycles. The zero-order valence-corrected chi connectivity index (χ0v) is 16.2. The second-order valence-electron chi connectivity index (χ2n) is 5.38. The van der Waals surface area contributed by atoms with Gasteiger partial charge in [-0.05, 0) is 49.2 Å². The number of carbonyl (C=O) groups excluding carboxylic acids is 1. The summed E-state index contributed by atoms with van der Waals surface area (Å²) in [5.74, 6) is 4.41. The highest BCUT2D eigenvalue weighted by molar-refractivity contribution is 6.33. The number of benzene rings is 2. The molecule has 0 aliphatic heterocycles. The Morgan fingerprint density at radius 2 is 1.96 bits per heavy atom. The molecule has 0 heterocycles. The van der Waals surface area contributed by atoms with Gasteiger partial charge in [-0.3, -0.25) is 0 Å². The number of phenols is 1. The first kappa shape index (κ1) is 20.8. The zero-order valence-electron chi connectivity index (χ0n) is 14.7. The Hall–Kier alpha value is -2.48. The number of aromatic hydroxyl groups is 1. The summed E-state index contributed by atoms with van der Waals surface area (Å²) in [6.45, 7) is 3.58. The fourth-order valence-electron chi connectivity index (χ4n) is 2.13. The summed E-state index contributed by atoms with van der Waals surface area (Å²) in [6.07, 6.45) is 0. The van der Waals surface area contributed by atoms with Crippen LogP contribution in [0, 0.1) is 6.92 Å². The van der Waals surface area contributed by atoms with Crippen molar-refractivity contribution >= 4 is 35.1 Å². The van der Waals surface area contributed by atoms with Crippen LogP contribution in [0.15, 0.2) is 35.3 Å². The van der Waals surface area contributed by atoms with Crippen molar-refractivity contribution < 1.29 is 24.2 Å². The summed E-state index contributed by atoms with van der Waals surface area (Å²) in [5, 5.41) is 10.9. The Balaban J connectivity index is 2.28. The molecule has 27 heavy (non-hydrogen) atoms. The molecule has 144 valence electrons. The third-order valence-corrected chi connectivity index (χ3v) is 4.03. The lowest BCUT2D eigenvalue weighted by Gasteiger charge is -2.12. The van der Waals surface area contributed by atoms with E-state index in [1.807, 2.05) is 6.92 Å². The van der Waals surface area contributed by atoms with Crippen LogP contribution in [0.4, 0.5) is 0 Å². The molecule has 2 aromatic rings. The lowest BCUT2D eigenvalue weighted by Crippen LogP contribution is -2.23. The first-order valence-corrected chi connectivity index (χ1v) is 8.65. The van der Waals surface area contributed by atoms with Gasteiger partial charge in [-0.25, -0.2) is 9.79 Å². The van der Waals surface area contributed by atoms with Crippen molar-refractivity contribution in [2.75, 3.05) is 6.61 Å². The van der Waals surface area contributed by atoms with E-state index in [-0.39, 0.29) is 29.7 Å². The molecule has 7 nitrogen and oxygen atoms in total. The lowest BCUT2D eigenvalue weighted by atomic mass is 10.2. The van der Waals surface area contributed by atoms with E-state index in [1.165, 1.54) is 12.1 Å². The lowest BCUT2D eigenvalue weighted by molar-refractivity contribution is -0.136. The number of nitrogens with two attached hydrogens (primary N) is 1. The number of ether oxygens (including phenoxy) is 2. The number of halogens is 2. The number of hydrogen-bond donors (Lipinski definition) is 2. The minimum Gasteiger partial charge on any atom is -0.504 e. The Morgan fingerprint density at radius 3 is 2.59 bits per heavy atom. The van der Waals surface area contributed by atoms with E-state index < -0.39 is 11.9 Å². The summed E-state index contributed by atoms with van der Waals surface area (Å²) >= 11 is 12.1. The highest BCUT2D eigenvalue weighted by Gasteiger charge is 2.16. The van der Waals surface area contributed by atoms with E-state index in [2.05, 4.69) is 9.83 Å². The Kier molecular flexibility index (Phi) is 7.29. The molecular weight excluding hydrogens is 395 g/mol. The Labute approximate surface area is 166 Å². The summed E-state index contributed by atoms with van der Waals surface area (Å²) in [6, 6.07) is 7.92. The highest BCUT2D eigenvalue weighted by Crippen LogP contribution is 2.37. The second kappa shape index (κ2) is 9.45. The van der Waals surface area contributed by atoms with Crippen LogP contribution < -0.4 is 10.6 Å².